The zero-order chi connectivity index (χ0) is 23.0. The number of halogens is 2. The van der Waals surface area contributed by atoms with Crippen molar-refractivity contribution in [2.75, 3.05) is 19.1 Å². The maximum absolute atomic E-state index is 14.6. The SMILES string of the molecule is COc1ccc(/C(O)=C2/C(=O)C(=O)N(c3cc(F)ccc3F)C2c2cccs2)c(OC)c1. The summed E-state index contributed by atoms with van der Waals surface area (Å²) in [6.45, 7) is 0. The van der Waals surface area contributed by atoms with Crippen LogP contribution in [0.1, 0.15) is 16.5 Å². The molecule has 1 aliphatic heterocycles. The second-order valence-corrected chi connectivity index (χ2v) is 7.83. The number of amides is 1. The van der Waals surface area contributed by atoms with Crippen molar-refractivity contribution in [3.05, 3.63) is 81.6 Å². The molecule has 4 rings (SSSR count). The number of ether oxygens (including phenoxy) is 2. The van der Waals surface area contributed by atoms with Gasteiger partial charge in [0.2, 0.25) is 0 Å². The van der Waals surface area contributed by atoms with Crippen molar-refractivity contribution >= 4 is 34.5 Å². The Morgan fingerprint density at radius 1 is 1.06 bits per heavy atom. The fourth-order valence-corrected chi connectivity index (χ4v) is 4.43. The average molecular weight is 457 g/mol. The number of carbonyl (C=O) groups is 2. The molecular weight excluding hydrogens is 440 g/mol. The molecule has 1 aromatic heterocycles. The van der Waals surface area contributed by atoms with Crippen LogP contribution in [0.5, 0.6) is 11.5 Å². The van der Waals surface area contributed by atoms with Gasteiger partial charge in [-0.25, -0.2) is 8.78 Å². The molecular formula is C23H17F2NO5S. The summed E-state index contributed by atoms with van der Waals surface area (Å²) in [5.74, 6) is -3.60. The third kappa shape index (κ3) is 3.50. The van der Waals surface area contributed by atoms with Crippen molar-refractivity contribution in [2.45, 2.75) is 6.04 Å². The predicted molar refractivity (Wildman–Crippen MR) is 115 cm³/mol. The number of Topliss-reactive ketones (excluding diaryl/α,β-unsaturated/α-hetero) is 1. The number of aliphatic hydroxyl groups excluding tert-OH is 1. The highest BCUT2D eigenvalue weighted by molar-refractivity contribution is 7.10. The van der Waals surface area contributed by atoms with E-state index in [9.17, 15) is 23.5 Å². The number of hydrogen-bond acceptors (Lipinski definition) is 6. The molecule has 6 nitrogen and oxygen atoms in total. The molecule has 0 spiro atoms. The van der Waals surface area contributed by atoms with Crippen LogP contribution in [0.2, 0.25) is 0 Å². The van der Waals surface area contributed by atoms with E-state index >= 15 is 0 Å². The Hall–Kier alpha value is -3.72. The summed E-state index contributed by atoms with van der Waals surface area (Å²) in [5.41, 5.74) is -0.511. The van der Waals surface area contributed by atoms with E-state index in [-0.39, 0.29) is 16.9 Å². The smallest absolute Gasteiger partial charge is 0.300 e. The quantitative estimate of drug-likeness (QED) is 0.342. The molecule has 9 heteroatoms. The Morgan fingerprint density at radius 3 is 2.50 bits per heavy atom. The molecule has 1 N–H and O–H groups in total. The van der Waals surface area contributed by atoms with Crippen molar-refractivity contribution < 1.29 is 33.0 Å². The molecule has 32 heavy (non-hydrogen) atoms. The maximum atomic E-state index is 14.6. The van der Waals surface area contributed by atoms with Crippen LogP contribution in [0.15, 0.2) is 59.5 Å². The van der Waals surface area contributed by atoms with E-state index in [4.69, 9.17) is 9.47 Å². The van der Waals surface area contributed by atoms with E-state index in [2.05, 4.69) is 0 Å². The number of hydrogen-bond donors (Lipinski definition) is 1. The number of aliphatic hydroxyl groups is 1. The Balaban J connectivity index is 1.96. The highest BCUT2D eigenvalue weighted by Crippen LogP contribution is 2.45. The number of anilines is 1. The van der Waals surface area contributed by atoms with Crippen LogP contribution in [-0.2, 0) is 9.59 Å². The lowest BCUT2D eigenvalue weighted by molar-refractivity contribution is -0.132. The van der Waals surface area contributed by atoms with Gasteiger partial charge in [0.1, 0.15) is 34.9 Å². The first kappa shape index (κ1) is 21.5. The molecule has 0 saturated carbocycles. The van der Waals surface area contributed by atoms with E-state index in [1.807, 2.05) is 0 Å². The maximum Gasteiger partial charge on any atom is 0.300 e. The predicted octanol–water partition coefficient (Wildman–Crippen LogP) is 4.67. The molecule has 1 unspecified atom stereocenters. The Morgan fingerprint density at radius 2 is 1.84 bits per heavy atom. The van der Waals surface area contributed by atoms with Crippen LogP contribution < -0.4 is 14.4 Å². The van der Waals surface area contributed by atoms with Crippen molar-refractivity contribution in [3.63, 3.8) is 0 Å². The Bertz CT molecular complexity index is 1240. The summed E-state index contributed by atoms with van der Waals surface area (Å²) >= 11 is 1.21. The first-order valence-electron chi connectivity index (χ1n) is 9.39. The first-order chi connectivity index (χ1) is 15.4. The van der Waals surface area contributed by atoms with Crippen LogP contribution in [0.25, 0.3) is 5.76 Å². The number of nitrogens with zero attached hydrogens (tertiary/aromatic N) is 1. The van der Waals surface area contributed by atoms with Gasteiger partial charge in [-0.05, 0) is 35.7 Å². The van der Waals surface area contributed by atoms with Gasteiger partial charge in [-0.1, -0.05) is 6.07 Å². The van der Waals surface area contributed by atoms with Crippen LogP contribution in [-0.4, -0.2) is 31.0 Å². The number of carbonyl (C=O) groups excluding carboxylic acids is 2. The van der Waals surface area contributed by atoms with Crippen LogP contribution in [0.4, 0.5) is 14.5 Å². The normalized spacial score (nSPS) is 17.6. The number of ketones is 1. The zero-order valence-corrected chi connectivity index (χ0v) is 17.8. The minimum atomic E-state index is -1.15. The Kier molecular flexibility index (Phi) is 5.67. The molecule has 2 heterocycles. The first-order valence-corrected chi connectivity index (χ1v) is 10.3. The van der Waals surface area contributed by atoms with Crippen molar-refractivity contribution in [1.82, 2.24) is 0 Å². The molecule has 0 bridgehead atoms. The molecule has 1 aliphatic rings. The second kappa shape index (κ2) is 8.43. The van der Waals surface area contributed by atoms with Gasteiger partial charge in [0.25, 0.3) is 11.7 Å². The fraction of sp³-hybridized carbons (Fsp3) is 0.130. The van der Waals surface area contributed by atoms with Gasteiger partial charge in [0, 0.05) is 17.0 Å². The molecule has 1 fully saturated rings. The molecule has 2 aromatic carbocycles. The van der Waals surface area contributed by atoms with Gasteiger partial charge in [0.15, 0.2) is 0 Å². The van der Waals surface area contributed by atoms with Crippen LogP contribution in [0, 0.1) is 11.6 Å². The van der Waals surface area contributed by atoms with E-state index in [1.54, 1.807) is 23.6 Å². The number of methoxy groups -OCH3 is 2. The Labute approximate surface area is 185 Å². The molecule has 1 atom stereocenters. The zero-order valence-electron chi connectivity index (χ0n) is 17.0. The van der Waals surface area contributed by atoms with E-state index in [1.165, 1.54) is 37.7 Å². The van der Waals surface area contributed by atoms with Crippen LogP contribution in [0.3, 0.4) is 0 Å². The lowest BCUT2D eigenvalue weighted by Crippen LogP contribution is -2.30. The van der Waals surface area contributed by atoms with Gasteiger partial charge >= 0.3 is 0 Å². The minimum absolute atomic E-state index is 0.146. The summed E-state index contributed by atoms with van der Waals surface area (Å²) in [6.07, 6.45) is 0. The highest BCUT2D eigenvalue weighted by Gasteiger charge is 2.48. The summed E-state index contributed by atoms with van der Waals surface area (Å²) < 4.78 is 39.0. The van der Waals surface area contributed by atoms with Gasteiger partial charge in [-0.3, -0.25) is 14.5 Å². The van der Waals surface area contributed by atoms with Crippen molar-refractivity contribution in [1.29, 1.82) is 0 Å². The van der Waals surface area contributed by atoms with Gasteiger partial charge in [0.05, 0.1) is 31.0 Å². The molecule has 0 radical (unpaired) electrons. The lowest BCUT2D eigenvalue weighted by atomic mass is 9.99. The molecule has 0 aliphatic carbocycles. The van der Waals surface area contributed by atoms with Crippen molar-refractivity contribution in [2.24, 2.45) is 0 Å². The van der Waals surface area contributed by atoms with Gasteiger partial charge < -0.3 is 14.6 Å². The topological polar surface area (TPSA) is 76.1 Å². The largest absolute Gasteiger partial charge is 0.507 e. The number of benzene rings is 2. The summed E-state index contributed by atoms with van der Waals surface area (Å²) in [6, 6.07) is 9.36. The summed E-state index contributed by atoms with van der Waals surface area (Å²) in [7, 11) is 2.84. The molecule has 3 aromatic rings. The van der Waals surface area contributed by atoms with E-state index in [0.29, 0.717) is 10.6 Å². The third-order valence-corrected chi connectivity index (χ3v) is 6.01. The van der Waals surface area contributed by atoms with E-state index < -0.39 is 40.8 Å². The minimum Gasteiger partial charge on any atom is -0.507 e. The molecule has 164 valence electrons. The fourth-order valence-electron chi connectivity index (χ4n) is 3.61. The number of thiophene rings is 1. The van der Waals surface area contributed by atoms with Gasteiger partial charge in [-0.15, -0.1) is 11.3 Å². The van der Waals surface area contributed by atoms with Crippen LogP contribution >= 0.6 is 11.3 Å². The highest BCUT2D eigenvalue weighted by atomic mass is 32.1. The molecule has 1 saturated heterocycles. The summed E-state index contributed by atoms with van der Waals surface area (Å²) in [5, 5.41) is 12.9. The number of rotatable bonds is 5. The van der Waals surface area contributed by atoms with E-state index in [0.717, 1.165) is 23.1 Å². The van der Waals surface area contributed by atoms with Gasteiger partial charge in [-0.2, -0.15) is 0 Å². The standard InChI is InChI=1S/C23H17F2NO5S/c1-30-13-6-7-14(17(11-13)31-2)21(27)19-20(18-4-3-9-32-18)26(23(29)22(19)28)16-10-12(24)5-8-15(16)25/h3-11,20,27H,1-2H3/b21-19-. The monoisotopic (exact) mass is 457 g/mol. The lowest BCUT2D eigenvalue weighted by Gasteiger charge is -2.24. The third-order valence-electron chi connectivity index (χ3n) is 5.09. The van der Waals surface area contributed by atoms with Crippen molar-refractivity contribution in [3.8, 4) is 11.5 Å². The average Bonchev–Trinajstić information content (AvgIpc) is 3.41. The molecule has 1 amide bonds. The second-order valence-electron chi connectivity index (χ2n) is 6.85. The summed E-state index contributed by atoms with van der Waals surface area (Å²) in [4.78, 5) is 27.4.